The summed E-state index contributed by atoms with van der Waals surface area (Å²) < 4.78 is 5.39. The van der Waals surface area contributed by atoms with Gasteiger partial charge in [-0.3, -0.25) is 0 Å². The lowest BCUT2D eigenvalue weighted by Gasteiger charge is -2.26. The van der Waals surface area contributed by atoms with Gasteiger partial charge in [0.15, 0.2) is 0 Å². The largest absolute Gasteiger partial charge is 0.497 e. The van der Waals surface area contributed by atoms with Crippen LogP contribution in [-0.4, -0.2) is 18.1 Å². The molecule has 0 saturated heterocycles. The molecule has 0 spiro atoms. The molecule has 1 aliphatic carbocycles. The first-order valence-corrected chi connectivity index (χ1v) is 8.10. The molecular formula is C18H26N2O. The van der Waals surface area contributed by atoms with E-state index in [-0.39, 0.29) is 0 Å². The lowest BCUT2D eigenvalue weighted by atomic mass is 9.94. The summed E-state index contributed by atoms with van der Waals surface area (Å²) in [6.45, 7) is 4.59. The van der Waals surface area contributed by atoms with E-state index in [4.69, 9.17) is 4.74 Å². The second-order valence-electron chi connectivity index (χ2n) is 6.53. The first-order valence-electron chi connectivity index (χ1n) is 8.10. The summed E-state index contributed by atoms with van der Waals surface area (Å²) >= 11 is 0. The monoisotopic (exact) mass is 286 g/mol. The van der Waals surface area contributed by atoms with Crippen molar-refractivity contribution in [2.75, 3.05) is 7.11 Å². The summed E-state index contributed by atoms with van der Waals surface area (Å²) in [6, 6.07) is 7.33. The number of hydrogen-bond acceptors (Lipinski definition) is 2. The molecule has 1 aromatic heterocycles. The number of nitrogens with one attached hydrogen (secondary N) is 2. The molecule has 3 rings (SSSR count). The van der Waals surface area contributed by atoms with Crippen molar-refractivity contribution in [2.24, 2.45) is 5.92 Å². The van der Waals surface area contributed by atoms with E-state index < -0.39 is 0 Å². The van der Waals surface area contributed by atoms with Gasteiger partial charge in [0.25, 0.3) is 0 Å². The smallest absolute Gasteiger partial charge is 0.119 e. The first kappa shape index (κ1) is 14.5. The van der Waals surface area contributed by atoms with E-state index in [1.165, 1.54) is 42.1 Å². The lowest BCUT2D eigenvalue weighted by Crippen LogP contribution is -2.33. The molecule has 0 amide bonds. The summed E-state index contributed by atoms with van der Waals surface area (Å²) in [4.78, 5) is 3.40. The molecular weight excluding hydrogens is 260 g/mol. The Morgan fingerprint density at radius 1 is 1.24 bits per heavy atom. The minimum Gasteiger partial charge on any atom is -0.497 e. The minimum atomic E-state index is 0.397. The van der Waals surface area contributed by atoms with Crippen molar-refractivity contribution in [3.8, 4) is 5.75 Å². The second-order valence-corrected chi connectivity index (χ2v) is 6.53. The number of fused-ring (bicyclic) bond motifs is 1. The molecule has 1 heterocycles. The van der Waals surface area contributed by atoms with Crippen molar-refractivity contribution in [1.82, 2.24) is 10.3 Å². The highest BCUT2D eigenvalue weighted by molar-refractivity contribution is 5.85. The highest BCUT2D eigenvalue weighted by Crippen LogP contribution is 2.33. The van der Waals surface area contributed by atoms with Crippen LogP contribution in [0.1, 0.15) is 51.1 Å². The van der Waals surface area contributed by atoms with E-state index in [2.05, 4.69) is 42.5 Å². The van der Waals surface area contributed by atoms with Crippen LogP contribution in [0.2, 0.25) is 0 Å². The maximum atomic E-state index is 5.39. The quantitative estimate of drug-likeness (QED) is 0.854. The number of methoxy groups -OCH3 is 1. The Morgan fingerprint density at radius 3 is 2.67 bits per heavy atom. The van der Waals surface area contributed by atoms with Gasteiger partial charge < -0.3 is 15.0 Å². The molecule has 3 heteroatoms. The normalized spacial score (nSPS) is 17.7. The third kappa shape index (κ3) is 2.93. The zero-order valence-corrected chi connectivity index (χ0v) is 13.3. The molecule has 1 unspecified atom stereocenters. The van der Waals surface area contributed by atoms with Gasteiger partial charge in [0, 0.05) is 29.2 Å². The Labute approximate surface area is 127 Å². The van der Waals surface area contributed by atoms with E-state index in [1.807, 2.05) is 6.07 Å². The number of ether oxygens (including phenoxy) is 1. The van der Waals surface area contributed by atoms with Gasteiger partial charge in [-0.15, -0.1) is 0 Å². The molecule has 0 aliphatic heterocycles. The SMILES string of the molecule is COc1ccc2[nH]cc(C(NC3CCCC3)C(C)C)c2c1. The zero-order valence-electron chi connectivity index (χ0n) is 13.3. The number of hydrogen-bond donors (Lipinski definition) is 2. The van der Waals surface area contributed by atoms with Crippen LogP contribution in [0.25, 0.3) is 10.9 Å². The summed E-state index contributed by atoms with van der Waals surface area (Å²) in [5.74, 6) is 1.49. The molecule has 21 heavy (non-hydrogen) atoms. The average Bonchev–Trinajstić information content (AvgIpc) is 3.13. The van der Waals surface area contributed by atoms with E-state index in [1.54, 1.807) is 7.11 Å². The summed E-state index contributed by atoms with van der Waals surface area (Å²) in [5, 5.41) is 5.16. The summed E-state index contributed by atoms with van der Waals surface area (Å²) in [5.41, 5.74) is 2.55. The van der Waals surface area contributed by atoms with Crippen molar-refractivity contribution >= 4 is 10.9 Å². The van der Waals surface area contributed by atoms with Gasteiger partial charge in [-0.2, -0.15) is 0 Å². The van der Waals surface area contributed by atoms with Gasteiger partial charge in [0.1, 0.15) is 5.75 Å². The Bertz CT molecular complexity index is 596. The molecule has 0 bridgehead atoms. The van der Waals surface area contributed by atoms with Crippen LogP contribution >= 0.6 is 0 Å². The predicted molar refractivity (Wildman–Crippen MR) is 87.8 cm³/mol. The summed E-state index contributed by atoms with van der Waals surface area (Å²) in [6.07, 6.45) is 7.52. The molecule has 114 valence electrons. The molecule has 1 saturated carbocycles. The van der Waals surface area contributed by atoms with Gasteiger partial charge in [-0.1, -0.05) is 26.7 Å². The number of benzene rings is 1. The number of aromatic amines is 1. The molecule has 1 atom stereocenters. The molecule has 1 aromatic carbocycles. The van der Waals surface area contributed by atoms with E-state index in [0.29, 0.717) is 18.0 Å². The fourth-order valence-corrected chi connectivity index (χ4v) is 3.49. The maximum Gasteiger partial charge on any atom is 0.119 e. The standard InChI is InChI=1S/C18H26N2O/c1-12(2)18(20-13-6-4-5-7-13)16-11-19-17-9-8-14(21-3)10-15(16)17/h8-13,18-20H,4-7H2,1-3H3. The van der Waals surface area contributed by atoms with Crippen molar-refractivity contribution in [1.29, 1.82) is 0 Å². The fraction of sp³-hybridized carbons (Fsp3) is 0.556. The van der Waals surface area contributed by atoms with Gasteiger partial charge in [0.05, 0.1) is 7.11 Å². The van der Waals surface area contributed by atoms with Crippen molar-refractivity contribution < 1.29 is 4.74 Å². The van der Waals surface area contributed by atoms with Crippen LogP contribution in [-0.2, 0) is 0 Å². The molecule has 3 nitrogen and oxygen atoms in total. The van der Waals surface area contributed by atoms with Gasteiger partial charge in [-0.25, -0.2) is 0 Å². The zero-order chi connectivity index (χ0) is 14.8. The second kappa shape index (κ2) is 6.10. The molecule has 1 fully saturated rings. The lowest BCUT2D eigenvalue weighted by molar-refractivity contribution is 0.362. The van der Waals surface area contributed by atoms with Crippen LogP contribution in [0, 0.1) is 5.92 Å². The van der Waals surface area contributed by atoms with Crippen LogP contribution in [0.15, 0.2) is 24.4 Å². The predicted octanol–water partition coefficient (Wildman–Crippen LogP) is 4.41. The van der Waals surface area contributed by atoms with Crippen molar-refractivity contribution in [3.63, 3.8) is 0 Å². The van der Waals surface area contributed by atoms with Crippen LogP contribution < -0.4 is 10.1 Å². The highest BCUT2D eigenvalue weighted by atomic mass is 16.5. The van der Waals surface area contributed by atoms with Gasteiger partial charge >= 0.3 is 0 Å². The Hall–Kier alpha value is -1.48. The van der Waals surface area contributed by atoms with E-state index in [0.717, 1.165) is 5.75 Å². The topological polar surface area (TPSA) is 37.0 Å². The van der Waals surface area contributed by atoms with E-state index in [9.17, 15) is 0 Å². The van der Waals surface area contributed by atoms with Crippen molar-refractivity contribution in [2.45, 2.75) is 51.6 Å². The molecule has 1 aliphatic rings. The van der Waals surface area contributed by atoms with Crippen LogP contribution in [0.5, 0.6) is 5.75 Å². The highest BCUT2D eigenvalue weighted by Gasteiger charge is 2.24. The first-order chi connectivity index (χ1) is 10.2. The van der Waals surface area contributed by atoms with Crippen LogP contribution in [0.4, 0.5) is 0 Å². The third-order valence-corrected chi connectivity index (χ3v) is 4.69. The molecule has 2 N–H and O–H groups in total. The summed E-state index contributed by atoms with van der Waals surface area (Å²) in [7, 11) is 1.73. The molecule has 2 aromatic rings. The number of rotatable bonds is 5. The number of H-pyrrole nitrogens is 1. The maximum absolute atomic E-state index is 5.39. The minimum absolute atomic E-state index is 0.397. The fourth-order valence-electron chi connectivity index (χ4n) is 3.49. The van der Waals surface area contributed by atoms with E-state index >= 15 is 0 Å². The van der Waals surface area contributed by atoms with Gasteiger partial charge in [0.2, 0.25) is 0 Å². The van der Waals surface area contributed by atoms with Crippen LogP contribution in [0.3, 0.4) is 0 Å². The Morgan fingerprint density at radius 2 is 2.00 bits per heavy atom. The Kier molecular flexibility index (Phi) is 4.20. The van der Waals surface area contributed by atoms with Gasteiger partial charge in [-0.05, 0) is 42.5 Å². The number of aromatic nitrogens is 1. The molecule has 0 radical (unpaired) electrons. The Balaban J connectivity index is 1.94. The third-order valence-electron chi connectivity index (χ3n) is 4.69. The van der Waals surface area contributed by atoms with Crippen molar-refractivity contribution in [3.05, 3.63) is 30.0 Å². The average molecular weight is 286 g/mol.